The lowest BCUT2D eigenvalue weighted by Crippen LogP contribution is -2.43. The summed E-state index contributed by atoms with van der Waals surface area (Å²) in [6, 6.07) is 7.20. The molecule has 1 aromatic carbocycles. The van der Waals surface area contributed by atoms with E-state index in [0.717, 1.165) is 23.3 Å². The van der Waals surface area contributed by atoms with E-state index in [-0.39, 0.29) is 11.6 Å². The monoisotopic (exact) mass is 470 g/mol. The van der Waals surface area contributed by atoms with Crippen molar-refractivity contribution < 1.29 is 23.4 Å². The number of anilines is 1. The number of methoxy groups -OCH3 is 1. The quantitative estimate of drug-likeness (QED) is 0.564. The summed E-state index contributed by atoms with van der Waals surface area (Å²) < 4.78 is 32.2. The SMILES string of the molecule is COc1n[nH]c2ncc(NC(=O)C3C(Cl)=CC=CC3(F)OCc3ccc4c(c3)CCO4)cc12. The van der Waals surface area contributed by atoms with Gasteiger partial charge >= 0.3 is 0 Å². The van der Waals surface area contributed by atoms with Gasteiger partial charge in [0.25, 0.3) is 0 Å². The van der Waals surface area contributed by atoms with Gasteiger partial charge < -0.3 is 19.5 Å². The highest BCUT2D eigenvalue weighted by atomic mass is 35.5. The van der Waals surface area contributed by atoms with Crippen molar-refractivity contribution in [3.05, 3.63) is 64.8 Å². The molecule has 2 aromatic heterocycles. The van der Waals surface area contributed by atoms with Gasteiger partial charge in [-0.2, -0.15) is 0 Å². The minimum Gasteiger partial charge on any atom is -0.493 e. The molecule has 1 amide bonds. The molecule has 0 saturated heterocycles. The summed E-state index contributed by atoms with van der Waals surface area (Å²) in [5, 5.41) is 9.97. The Labute approximate surface area is 193 Å². The normalized spacial score (nSPS) is 21.4. The molecule has 10 heteroatoms. The highest BCUT2D eigenvalue weighted by Crippen LogP contribution is 2.39. The number of alkyl halides is 1. The molecule has 0 radical (unpaired) electrons. The number of hydrogen-bond acceptors (Lipinski definition) is 6. The Morgan fingerprint density at radius 1 is 1.42 bits per heavy atom. The second-order valence-electron chi connectivity index (χ2n) is 7.71. The van der Waals surface area contributed by atoms with Crippen LogP contribution in [-0.4, -0.2) is 40.7 Å². The Balaban J connectivity index is 1.35. The van der Waals surface area contributed by atoms with E-state index in [0.29, 0.717) is 29.2 Å². The standard InChI is InChI=1S/C23H20ClFN4O4/c1-31-22-16-10-15(11-26-20(16)28-29-22)27-21(30)19-17(24)3-2-7-23(19,25)33-12-13-4-5-18-14(9-13)6-8-32-18/h2-5,7,9-11,19H,6,8,12H2,1H3,(H,27,30)(H,26,28,29). The summed E-state index contributed by atoms with van der Waals surface area (Å²) in [5.41, 5.74) is 2.66. The molecule has 0 bridgehead atoms. The van der Waals surface area contributed by atoms with Crippen LogP contribution >= 0.6 is 11.6 Å². The number of fused-ring (bicyclic) bond motifs is 2. The second kappa shape index (κ2) is 8.49. The molecule has 5 rings (SSSR count). The van der Waals surface area contributed by atoms with Crippen molar-refractivity contribution >= 4 is 34.2 Å². The molecule has 0 fully saturated rings. The first kappa shape index (κ1) is 21.4. The first-order valence-corrected chi connectivity index (χ1v) is 10.7. The average Bonchev–Trinajstić information content (AvgIpc) is 3.43. The number of hydrogen-bond donors (Lipinski definition) is 2. The molecular formula is C23H20ClFN4O4. The lowest BCUT2D eigenvalue weighted by Gasteiger charge is -2.32. The molecule has 2 atom stereocenters. The number of nitrogens with one attached hydrogen (secondary N) is 2. The topological polar surface area (TPSA) is 98.4 Å². The minimum absolute atomic E-state index is 0.0229. The van der Waals surface area contributed by atoms with Crippen molar-refractivity contribution in [2.75, 3.05) is 19.0 Å². The van der Waals surface area contributed by atoms with Gasteiger partial charge in [-0.05, 0) is 41.5 Å². The first-order valence-electron chi connectivity index (χ1n) is 10.3. The highest BCUT2D eigenvalue weighted by molar-refractivity contribution is 6.32. The van der Waals surface area contributed by atoms with Gasteiger partial charge in [-0.15, -0.1) is 5.10 Å². The smallest absolute Gasteiger partial charge is 0.245 e. The second-order valence-corrected chi connectivity index (χ2v) is 8.15. The molecule has 0 saturated carbocycles. The highest BCUT2D eigenvalue weighted by Gasteiger charge is 2.46. The van der Waals surface area contributed by atoms with Gasteiger partial charge in [-0.3, -0.25) is 9.89 Å². The zero-order valence-electron chi connectivity index (χ0n) is 17.6. The van der Waals surface area contributed by atoms with Crippen LogP contribution in [0.4, 0.5) is 10.1 Å². The van der Waals surface area contributed by atoms with Crippen LogP contribution in [0.3, 0.4) is 0 Å². The largest absolute Gasteiger partial charge is 0.493 e. The number of amides is 1. The molecule has 3 heterocycles. The molecule has 1 aliphatic heterocycles. The summed E-state index contributed by atoms with van der Waals surface area (Å²) in [7, 11) is 1.47. The van der Waals surface area contributed by atoms with Crippen LogP contribution in [0.2, 0.25) is 0 Å². The number of carbonyl (C=O) groups excluding carboxylic acids is 1. The first-order chi connectivity index (χ1) is 16.0. The van der Waals surface area contributed by atoms with Crippen LogP contribution in [0.15, 0.2) is 53.7 Å². The molecule has 2 unspecified atom stereocenters. The van der Waals surface area contributed by atoms with Crippen molar-refractivity contribution in [1.29, 1.82) is 0 Å². The van der Waals surface area contributed by atoms with Crippen LogP contribution < -0.4 is 14.8 Å². The van der Waals surface area contributed by atoms with Gasteiger partial charge in [0.2, 0.25) is 17.6 Å². The number of carbonyl (C=O) groups is 1. The van der Waals surface area contributed by atoms with E-state index in [9.17, 15) is 4.79 Å². The number of halogens is 2. The molecule has 170 valence electrons. The van der Waals surface area contributed by atoms with Crippen molar-refractivity contribution in [2.24, 2.45) is 5.92 Å². The van der Waals surface area contributed by atoms with Crippen molar-refractivity contribution in [3.8, 4) is 11.6 Å². The number of ether oxygens (including phenoxy) is 3. The van der Waals surface area contributed by atoms with Gasteiger partial charge in [0.15, 0.2) is 5.65 Å². The predicted octanol–water partition coefficient (Wildman–Crippen LogP) is 4.03. The molecule has 0 spiro atoms. The van der Waals surface area contributed by atoms with Crippen molar-refractivity contribution in [2.45, 2.75) is 18.9 Å². The molecule has 33 heavy (non-hydrogen) atoms. The lowest BCUT2D eigenvalue weighted by molar-refractivity contribution is -0.158. The summed E-state index contributed by atoms with van der Waals surface area (Å²) in [4.78, 5) is 17.3. The van der Waals surface area contributed by atoms with Crippen molar-refractivity contribution in [3.63, 3.8) is 0 Å². The van der Waals surface area contributed by atoms with Crippen LogP contribution in [0.25, 0.3) is 11.0 Å². The van der Waals surface area contributed by atoms with E-state index in [2.05, 4.69) is 20.5 Å². The maximum atomic E-state index is 16.0. The van der Waals surface area contributed by atoms with Gasteiger partial charge in [-0.25, -0.2) is 9.37 Å². The summed E-state index contributed by atoms with van der Waals surface area (Å²) in [6.45, 7) is 0.589. The molecule has 2 aliphatic rings. The van der Waals surface area contributed by atoms with E-state index in [1.54, 1.807) is 6.07 Å². The lowest BCUT2D eigenvalue weighted by atomic mass is 9.93. The Hall–Kier alpha value is -3.43. The number of allylic oxidation sites excluding steroid dienone is 2. The third-order valence-electron chi connectivity index (χ3n) is 5.57. The Bertz CT molecular complexity index is 1290. The Morgan fingerprint density at radius 2 is 2.30 bits per heavy atom. The maximum absolute atomic E-state index is 16.0. The molecule has 1 aliphatic carbocycles. The zero-order valence-corrected chi connectivity index (χ0v) is 18.4. The fourth-order valence-electron chi connectivity index (χ4n) is 3.93. The number of rotatable bonds is 6. The summed E-state index contributed by atoms with van der Waals surface area (Å²) >= 11 is 6.27. The van der Waals surface area contributed by atoms with E-state index in [1.165, 1.54) is 31.5 Å². The number of aromatic amines is 1. The summed E-state index contributed by atoms with van der Waals surface area (Å²) in [5.74, 6) is -3.35. The van der Waals surface area contributed by atoms with E-state index in [4.69, 9.17) is 25.8 Å². The average molecular weight is 471 g/mol. The van der Waals surface area contributed by atoms with Gasteiger partial charge in [0.05, 0.1) is 37.6 Å². The Morgan fingerprint density at radius 3 is 3.15 bits per heavy atom. The number of pyridine rings is 1. The third-order valence-corrected chi connectivity index (χ3v) is 5.91. The molecule has 8 nitrogen and oxygen atoms in total. The van der Waals surface area contributed by atoms with Crippen molar-refractivity contribution in [1.82, 2.24) is 15.2 Å². The van der Waals surface area contributed by atoms with Crippen LogP contribution in [0.5, 0.6) is 11.6 Å². The fraction of sp³-hybridized carbons (Fsp3) is 0.261. The van der Waals surface area contributed by atoms with Gasteiger partial charge in [-0.1, -0.05) is 23.7 Å². The molecule has 2 N–H and O–H groups in total. The number of H-pyrrole nitrogens is 1. The van der Waals surface area contributed by atoms with Crippen LogP contribution in [0, 0.1) is 5.92 Å². The van der Waals surface area contributed by atoms with Gasteiger partial charge in [0.1, 0.15) is 11.7 Å². The number of aromatic nitrogens is 3. The number of nitrogens with zero attached hydrogens (tertiary/aromatic N) is 2. The zero-order chi connectivity index (χ0) is 23.0. The van der Waals surface area contributed by atoms with Gasteiger partial charge in [0, 0.05) is 11.5 Å². The predicted molar refractivity (Wildman–Crippen MR) is 120 cm³/mol. The maximum Gasteiger partial charge on any atom is 0.245 e. The minimum atomic E-state index is -2.43. The fourth-order valence-corrected chi connectivity index (χ4v) is 4.25. The summed E-state index contributed by atoms with van der Waals surface area (Å²) in [6.07, 6.45) is 6.33. The number of benzene rings is 1. The van der Waals surface area contributed by atoms with E-state index < -0.39 is 17.7 Å². The molecule has 3 aromatic rings. The van der Waals surface area contributed by atoms with Crippen LogP contribution in [-0.2, 0) is 22.6 Å². The van der Waals surface area contributed by atoms with Crippen LogP contribution in [0.1, 0.15) is 11.1 Å². The molecular weight excluding hydrogens is 451 g/mol. The third kappa shape index (κ3) is 4.05. The Kier molecular flexibility index (Phi) is 5.51. The van der Waals surface area contributed by atoms with E-state index in [1.807, 2.05) is 18.2 Å². The van der Waals surface area contributed by atoms with E-state index >= 15 is 4.39 Å².